The molecule has 116 valence electrons. The van der Waals surface area contributed by atoms with Crippen LogP contribution < -0.4 is 10.6 Å². The van der Waals surface area contributed by atoms with E-state index in [4.69, 9.17) is 9.84 Å². The van der Waals surface area contributed by atoms with Gasteiger partial charge in [-0.1, -0.05) is 26.2 Å². The largest absolute Gasteiger partial charge is 0.480 e. The molecule has 0 aliphatic heterocycles. The molecule has 0 spiro atoms. The molecule has 3 atom stereocenters. The molecule has 0 heterocycles. The highest BCUT2D eigenvalue weighted by atomic mass is 16.5. The van der Waals surface area contributed by atoms with Crippen molar-refractivity contribution in [3.05, 3.63) is 0 Å². The van der Waals surface area contributed by atoms with Crippen LogP contribution in [0.5, 0.6) is 0 Å². The molecule has 3 N–H and O–H groups in total. The summed E-state index contributed by atoms with van der Waals surface area (Å²) in [5.74, 6) is -0.537. The molecule has 0 bridgehead atoms. The van der Waals surface area contributed by atoms with Crippen LogP contribution in [0, 0.1) is 5.92 Å². The van der Waals surface area contributed by atoms with Crippen molar-refractivity contribution in [2.24, 2.45) is 5.92 Å². The first kappa shape index (κ1) is 16.8. The predicted octanol–water partition coefficient (Wildman–Crippen LogP) is 1.74. The van der Waals surface area contributed by atoms with Crippen molar-refractivity contribution in [2.45, 2.75) is 57.5 Å². The number of carbonyl (C=O) groups is 2. The molecule has 6 heteroatoms. The van der Waals surface area contributed by atoms with E-state index in [1.807, 2.05) is 0 Å². The van der Waals surface area contributed by atoms with E-state index >= 15 is 0 Å². The van der Waals surface area contributed by atoms with Gasteiger partial charge in [-0.2, -0.15) is 0 Å². The molecule has 3 unspecified atom stereocenters. The maximum Gasteiger partial charge on any atom is 0.326 e. The molecule has 1 rings (SSSR count). The van der Waals surface area contributed by atoms with Crippen molar-refractivity contribution < 1.29 is 19.4 Å². The lowest BCUT2D eigenvalue weighted by atomic mass is 9.83. The van der Waals surface area contributed by atoms with Crippen LogP contribution in [-0.4, -0.2) is 42.9 Å². The lowest BCUT2D eigenvalue weighted by Crippen LogP contribution is -2.51. The standard InChI is InChI=1S/C14H26N2O4/c1-3-10-6-4-5-7-11(10)15-14(19)16-12(13(17)18)8-9-20-2/h10-12H,3-9H2,1-2H3,(H,17,18)(H2,15,16,19). The molecular formula is C14H26N2O4. The molecular weight excluding hydrogens is 260 g/mol. The normalized spacial score (nSPS) is 23.9. The Hall–Kier alpha value is -1.30. The molecule has 0 saturated heterocycles. The summed E-state index contributed by atoms with van der Waals surface area (Å²) in [7, 11) is 1.51. The van der Waals surface area contributed by atoms with Gasteiger partial charge in [0.15, 0.2) is 0 Å². The second-order valence-corrected chi connectivity index (χ2v) is 5.35. The van der Waals surface area contributed by atoms with E-state index < -0.39 is 12.0 Å². The minimum Gasteiger partial charge on any atom is -0.480 e. The average molecular weight is 286 g/mol. The number of carboxylic acids is 1. The van der Waals surface area contributed by atoms with Crippen molar-refractivity contribution in [3.63, 3.8) is 0 Å². The number of nitrogens with one attached hydrogen (secondary N) is 2. The maximum absolute atomic E-state index is 11.9. The van der Waals surface area contributed by atoms with E-state index in [9.17, 15) is 9.59 Å². The summed E-state index contributed by atoms with van der Waals surface area (Å²) in [4.78, 5) is 23.0. The van der Waals surface area contributed by atoms with Crippen LogP contribution in [0.25, 0.3) is 0 Å². The van der Waals surface area contributed by atoms with Gasteiger partial charge in [-0.05, 0) is 18.8 Å². The van der Waals surface area contributed by atoms with E-state index in [0.717, 1.165) is 25.7 Å². The predicted molar refractivity (Wildman–Crippen MR) is 75.6 cm³/mol. The fraction of sp³-hybridized carbons (Fsp3) is 0.857. The van der Waals surface area contributed by atoms with E-state index in [1.165, 1.54) is 13.5 Å². The number of rotatable bonds is 7. The smallest absolute Gasteiger partial charge is 0.326 e. The van der Waals surface area contributed by atoms with Gasteiger partial charge in [0.05, 0.1) is 0 Å². The molecule has 0 aromatic carbocycles. The van der Waals surface area contributed by atoms with Crippen molar-refractivity contribution in [1.29, 1.82) is 0 Å². The van der Waals surface area contributed by atoms with E-state index in [0.29, 0.717) is 12.5 Å². The molecule has 1 aliphatic rings. The Morgan fingerprint density at radius 1 is 1.35 bits per heavy atom. The summed E-state index contributed by atoms with van der Waals surface area (Å²) in [6.07, 6.45) is 5.74. The summed E-state index contributed by atoms with van der Waals surface area (Å²) in [5, 5.41) is 14.5. The second-order valence-electron chi connectivity index (χ2n) is 5.35. The first-order valence-corrected chi connectivity index (χ1v) is 7.37. The molecule has 20 heavy (non-hydrogen) atoms. The first-order valence-electron chi connectivity index (χ1n) is 7.37. The van der Waals surface area contributed by atoms with Crippen LogP contribution in [0.15, 0.2) is 0 Å². The minimum absolute atomic E-state index is 0.158. The highest BCUT2D eigenvalue weighted by Crippen LogP contribution is 2.26. The van der Waals surface area contributed by atoms with E-state index in [-0.39, 0.29) is 18.5 Å². The number of carbonyl (C=O) groups excluding carboxylic acids is 1. The average Bonchev–Trinajstić information content (AvgIpc) is 2.43. The number of ether oxygens (including phenoxy) is 1. The Morgan fingerprint density at radius 3 is 2.65 bits per heavy atom. The van der Waals surface area contributed by atoms with Crippen molar-refractivity contribution in [3.8, 4) is 0 Å². The number of urea groups is 1. The zero-order valence-electron chi connectivity index (χ0n) is 12.4. The third-order valence-corrected chi connectivity index (χ3v) is 3.96. The summed E-state index contributed by atoms with van der Waals surface area (Å²) in [6.45, 7) is 2.43. The van der Waals surface area contributed by atoms with Crippen LogP contribution >= 0.6 is 0 Å². The van der Waals surface area contributed by atoms with Crippen LogP contribution in [0.3, 0.4) is 0 Å². The monoisotopic (exact) mass is 286 g/mol. The summed E-state index contributed by atoms with van der Waals surface area (Å²) < 4.78 is 4.85. The third kappa shape index (κ3) is 5.36. The number of amides is 2. The molecule has 0 aromatic heterocycles. The van der Waals surface area contributed by atoms with Gasteiger partial charge in [-0.15, -0.1) is 0 Å². The van der Waals surface area contributed by atoms with Gasteiger partial charge < -0.3 is 20.5 Å². The Morgan fingerprint density at radius 2 is 2.05 bits per heavy atom. The zero-order valence-corrected chi connectivity index (χ0v) is 12.4. The Kier molecular flexibility index (Phi) is 7.36. The molecule has 0 radical (unpaired) electrons. The Labute approximate surface area is 120 Å². The van der Waals surface area contributed by atoms with Crippen molar-refractivity contribution in [1.82, 2.24) is 10.6 Å². The van der Waals surface area contributed by atoms with Gasteiger partial charge in [0.1, 0.15) is 6.04 Å². The number of carboxylic acid groups (broad SMARTS) is 1. The maximum atomic E-state index is 11.9. The quantitative estimate of drug-likeness (QED) is 0.665. The molecule has 0 aromatic rings. The number of methoxy groups -OCH3 is 1. The van der Waals surface area contributed by atoms with E-state index in [2.05, 4.69) is 17.6 Å². The fourth-order valence-electron chi connectivity index (χ4n) is 2.75. The molecule has 6 nitrogen and oxygen atoms in total. The second kappa shape index (κ2) is 8.79. The number of hydrogen-bond acceptors (Lipinski definition) is 3. The molecule has 1 saturated carbocycles. The van der Waals surface area contributed by atoms with Crippen LogP contribution in [-0.2, 0) is 9.53 Å². The summed E-state index contributed by atoms with van der Waals surface area (Å²) >= 11 is 0. The highest BCUT2D eigenvalue weighted by molar-refractivity contribution is 5.82. The Balaban J connectivity index is 2.45. The van der Waals surface area contributed by atoms with Gasteiger partial charge in [0, 0.05) is 26.2 Å². The van der Waals surface area contributed by atoms with Crippen LogP contribution in [0.1, 0.15) is 45.4 Å². The van der Waals surface area contributed by atoms with Gasteiger partial charge >= 0.3 is 12.0 Å². The van der Waals surface area contributed by atoms with Gasteiger partial charge in [-0.25, -0.2) is 9.59 Å². The highest BCUT2D eigenvalue weighted by Gasteiger charge is 2.26. The Bertz CT molecular complexity index is 322. The first-order chi connectivity index (χ1) is 9.58. The van der Waals surface area contributed by atoms with E-state index in [1.54, 1.807) is 0 Å². The fourth-order valence-corrected chi connectivity index (χ4v) is 2.75. The van der Waals surface area contributed by atoms with Gasteiger partial charge in [0.2, 0.25) is 0 Å². The third-order valence-electron chi connectivity index (χ3n) is 3.96. The van der Waals surface area contributed by atoms with Crippen molar-refractivity contribution in [2.75, 3.05) is 13.7 Å². The topological polar surface area (TPSA) is 87.7 Å². The number of aliphatic carboxylic acids is 1. The molecule has 1 aliphatic carbocycles. The van der Waals surface area contributed by atoms with Crippen LogP contribution in [0.4, 0.5) is 4.79 Å². The van der Waals surface area contributed by atoms with Gasteiger partial charge in [-0.3, -0.25) is 0 Å². The zero-order chi connectivity index (χ0) is 15.0. The summed E-state index contributed by atoms with van der Waals surface area (Å²) in [6, 6.07) is -1.14. The SMILES string of the molecule is CCC1CCCCC1NC(=O)NC(CCOC)C(=O)O. The summed E-state index contributed by atoms with van der Waals surface area (Å²) in [5.41, 5.74) is 0. The van der Waals surface area contributed by atoms with Gasteiger partial charge in [0.25, 0.3) is 0 Å². The van der Waals surface area contributed by atoms with Crippen LogP contribution in [0.2, 0.25) is 0 Å². The molecule has 1 fully saturated rings. The number of hydrogen-bond donors (Lipinski definition) is 3. The lowest BCUT2D eigenvalue weighted by Gasteiger charge is -2.31. The lowest BCUT2D eigenvalue weighted by molar-refractivity contribution is -0.139. The van der Waals surface area contributed by atoms with Crippen molar-refractivity contribution >= 4 is 12.0 Å². The minimum atomic E-state index is -1.03. The molecule has 2 amide bonds.